The zero-order chi connectivity index (χ0) is 9.23. The maximum absolute atomic E-state index is 5.54. The van der Waals surface area contributed by atoms with E-state index < -0.39 is 0 Å². The van der Waals surface area contributed by atoms with Gasteiger partial charge in [0.15, 0.2) is 0 Å². The monoisotopic (exact) mass is 163 g/mol. The molecule has 2 N–H and O–H groups in total. The van der Waals surface area contributed by atoms with Crippen LogP contribution in [0.5, 0.6) is 0 Å². The van der Waals surface area contributed by atoms with Crippen LogP contribution in [0, 0.1) is 0 Å². The Bertz CT molecular complexity index is 207. The van der Waals surface area contributed by atoms with Gasteiger partial charge in [0.25, 0.3) is 0 Å². The lowest BCUT2D eigenvalue weighted by Crippen LogP contribution is -1.89. The lowest BCUT2D eigenvalue weighted by atomic mass is 10.3. The van der Waals surface area contributed by atoms with Crippen molar-refractivity contribution in [3.63, 3.8) is 0 Å². The third-order valence-electron chi connectivity index (χ3n) is 1.38. The lowest BCUT2D eigenvalue weighted by molar-refractivity contribution is 1.37. The van der Waals surface area contributed by atoms with Gasteiger partial charge >= 0.3 is 0 Å². The van der Waals surface area contributed by atoms with Gasteiger partial charge in [-0.25, -0.2) is 0 Å². The fourth-order valence-corrected chi connectivity index (χ4v) is 0.635. The quantitative estimate of drug-likeness (QED) is 0.500. The van der Waals surface area contributed by atoms with E-state index in [1.165, 1.54) is 0 Å². The topological polar surface area (TPSA) is 26.0 Å². The predicted octanol–water partition coefficient (Wildman–Crippen LogP) is 2.93. The van der Waals surface area contributed by atoms with Gasteiger partial charge in [0.05, 0.1) is 0 Å². The van der Waals surface area contributed by atoms with E-state index in [-0.39, 0.29) is 0 Å². The van der Waals surface area contributed by atoms with Crippen LogP contribution in [-0.4, -0.2) is 0 Å². The Kier molecular flexibility index (Phi) is 7.05. The van der Waals surface area contributed by atoms with Gasteiger partial charge in [-0.15, -0.1) is 0 Å². The van der Waals surface area contributed by atoms with Crippen molar-refractivity contribution in [2.75, 3.05) is 0 Å². The number of allylic oxidation sites excluding steroid dienone is 7. The Morgan fingerprint density at radius 1 is 1.17 bits per heavy atom. The van der Waals surface area contributed by atoms with Crippen molar-refractivity contribution in [3.8, 4) is 0 Å². The second-order valence-electron chi connectivity index (χ2n) is 2.38. The molecule has 0 amide bonds. The van der Waals surface area contributed by atoms with E-state index in [4.69, 9.17) is 5.73 Å². The van der Waals surface area contributed by atoms with E-state index in [0.29, 0.717) is 0 Å². The van der Waals surface area contributed by atoms with Crippen LogP contribution in [0.1, 0.15) is 20.3 Å². The number of nitrogens with two attached hydrogens (primary N) is 1. The maximum Gasteiger partial charge on any atom is 0.0270 e. The summed E-state index contributed by atoms with van der Waals surface area (Å²) in [7, 11) is 0. The Balaban J connectivity index is 3.66. The summed E-state index contributed by atoms with van der Waals surface area (Å²) in [4.78, 5) is 0. The zero-order valence-electron chi connectivity index (χ0n) is 7.83. The van der Waals surface area contributed by atoms with E-state index in [1.54, 1.807) is 0 Å². The molecular weight excluding hydrogens is 146 g/mol. The molecule has 1 nitrogen and oxygen atoms in total. The summed E-state index contributed by atoms with van der Waals surface area (Å²) in [5.41, 5.74) is 6.34. The van der Waals surface area contributed by atoms with Crippen LogP contribution in [0.2, 0.25) is 0 Å². The van der Waals surface area contributed by atoms with Gasteiger partial charge in [-0.1, -0.05) is 36.5 Å². The van der Waals surface area contributed by atoms with Crippen molar-refractivity contribution in [1.82, 2.24) is 0 Å². The standard InChI is InChI=1S/C11H17N/c1-3-5-6-7-8-9-10-11(12)4-2/h3-5,7-10H,6,12H2,1-2H3. The molecular formula is C11H17N. The van der Waals surface area contributed by atoms with Crippen molar-refractivity contribution in [2.45, 2.75) is 20.3 Å². The summed E-state index contributed by atoms with van der Waals surface area (Å²) in [5, 5.41) is 0. The summed E-state index contributed by atoms with van der Waals surface area (Å²) < 4.78 is 0. The highest BCUT2D eigenvalue weighted by molar-refractivity contribution is 5.18. The van der Waals surface area contributed by atoms with E-state index in [9.17, 15) is 0 Å². The van der Waals surface area contributed by atoms with E-state index in [1.807, 2.05) is 44.2 Å². The SMILES string of the molecule is CC=CCC=CC=CC(N)=CC. The summed E-state index contributed by atoms with van der Waals surface area (Å²) in [5.74, 6) is 0. The minimum absolute atomic E-state index is 0.797. The van der Waals surface area contributed by atoms with Crippen LogP contribution in [0.15, 0.2) is 48.2 Å². The molecule has 66 valence electrons. The third-order valence-corrected chi connectivity index (χ3v) is 1.38. The minimum atomic E-state index is 0.797. The van der Waals surface area contributed by atoms with Gasteiger partial charge in [0.1, 0.15) is 0 Å². The summed E-state index contributed by atoms with van der Waals surface area (Å²) in [6.07, 6.45) is 14.9. The Morgan fingerprint density at radius 2 is 1.92 bits per heavy atom. The Hall–Kier alpha value is -1.24. The number of hydrogen-bond donors (Lipinski definition) is 1. The molecule has 0 atom stereocenters. The molecule has 0 heterocycles. The lowest BCUT2D eigenvalue weighted by Gasteiger charge is -1.85. The first-order valence-corrected chi connectivity index (χ1v) is 4.17. The molecule has 0 aliphatic heterocycles. The molecule has 0 aromatic rings. The van der Waals surface area contributed by atoms with Crippen molar-refractivity contribution in [3.05, 3.63) is 48.2 Å². The fourth-order valence-electron chi connectivity index (χ4n) is 0.635. The normalized spacial score (nSPS) is 14.0. The van der Waals surface area contributed by atoms with Crippen molar-refractivity contribution < 1.29 is 0 Å². The molecule has 0 aliphatic rings. The van der Waals surface area contributed by atoms with Gasteiger partial charge in [-0.3, -0.25) is 0 Å². The van der Waals surface area contributed by atoms with Gasteiger partial charge < -0.3 is 5.73 Å². The van der Waals surface area contributed by atoms with E-state index in [0.717, 1.165) is 12.1 Å². The number of rotatable bonds is 4. The van der Waals surface area contributed by atoms with Crippen LogP contribution in [-0.2, 0) is 0 Å². The van der Waals surface area contributed by atoms with Crippen molar-refractivity contribution in [2.24, 2.45) is 5.73 Å². The fraction of sp³-hybridized carbons (Fsp3) is 0.273. The largest absolute Gasteiger partial charge is 0.399 e. The molecule has 0 aromatic carbocycles. The highest BCUT2D eigenvalue weighted by atomic mass is 14.5. The second-order valence-corrected chi connectivity index (χ2v) is 2.38. The van der Waals surface area contributed by atoms with Gasteiger partial charge in [-0.05, 0) is 26.3 Å². The molecule has 0 unspecified atom stereocenters. The van der Waals surface area contributed by atoms with Crippen LogP contribution in [0.3, 0.4) is 0 Å². The van der Waals surface area contributed by atoms with Crippen LogP contribution in [0.4, 0.5) is 0 Å². The first kappa shape index (κ1) is 10.8. The van der Waals surface area contributed by atoms with Gasteiger partial charge in [0.2, 0.25) is 0 Å². The van der Waals surface area contributed by atoms with Gasteiger partial charge in [-0.2, -0.15) is 0 Å². The molecule has 0 saturated carbocycles. The average molecular weight is 163 g/mol. The molecule has 0 aliphatic carbocycles. The van der Waals surface area contributed by atoms with E-state index >= 15 is 0 Å². The molecule has 12 heavy (non-hydrogen) atoms. The minimum Gasteiger partial charge on any atom is -0.399 e. The van der Waals surface area contributed by atoms with Crippen molar-refractivity contribution in [1.29, 1.82) is 0 Å². The molecule has 0 radical (unpaired) electrons. The van der Waals surface area contributed by atoms with Crippen LogP contribution < -0.4 is 5.73 Å². The summed E-state index contributed by atoms with van der Waals surface area (Å²) >= 11 is 0. The summed E-state index contributed by atoms with van der Waals surface area (Å²) in [6.45, 7) is 3.94. The highest BCUT2D eigenvalue weighted by Crippen LogP contribution is 1.89. The van der Waals surface area contributed by atoms with Gasteiger partial charge in [0, 0.05) is 5.70 Å². The number of hydrogen-bond acceptors (Lipinski definition) is 1. The molecule has 0 spiro atoms. The first-order chi connectivity index (χ1) is 5.81. The molecule has 0 bridgehead atoms. The van der Waals surface area contributed by atoms with E-state index in [2.05, 4.69) is 12.2 Å². The average Bonchev–Trinajstić information content (AvgIpc) is 2.10. The molecule has 0 fully saturated rings. The smallest absolute Gasteiger partial charge is 0.0270 e. The first-order valence-electron chi connectivity index (χ1n) is 4.17. The van der Waals surface area contributed by atoms with Crippen LogP contribution >= 0.6 is 0 Å². The summed E-state index contributed by atoms with van der Waals surface area (Å²) in [6, 6.07) is 0. The molecule has 0 saturated heterocycles. The Labute approximate surface area is 75.0 Å². The molecule has 1 heteroatoms. The third kappa shape index (κ3) is 6.87. The molecule has 0 aromatic heterocycles. The van der Waals surface area contributed by atoms with Crippen LogP contribution in [0.25, 0.3) is 0 Å². The molecule has 0 rings (SSSR count). The zero-order valence-corrected chi connectivity index (χ0v) is 7.83. The maximum atomic E-state index is 5.54. The van der Waals surface area contributed by atoms with Crippen molar-refractivity contribution >= 4 is 0 Å². The highest BCUT2D eigenvalue weighted by Gasteiger charge is 1.73. The predicted molar refractivity (Wildman–Crippen MR) is 55.7 cm³/mol. The Morgan fingerprint density at radius 3 is 2.50 bits per heavy atom. The second kappa shape index (κ2) is 7.86.